The molecule has 0 radical (unpaired) electrons. The fraction of sp³-hybridized carbons (Fsp3) is 0.645. The zero-order valence-corrected chi connectivity index (χ0v) is 26.4. The molecule has 0 bridgehead atoms. The van der Waals surface area contributed by atoms with Crippen molar-refractivity contribution in [1.29, 1.82) is 0 Å². The van der Waals surface area contributed by atoms with Gasteiger partial charge in [0.15, 0.2) is 0 Å². The molecular weight excluding hydrogens is 555 g/mol. The van der Waals surface area contributed by atoms with Crippen LogP contribution in [-0.2, 0) is 10.0 Å². The molecule has 42 heavy (non-hydrogen) atoms. The Morgan fingerprint density at radius 1 is 0.976 bits per heavy atom. The Morgan fingerprint density at radius 2 is 1.57 bits per heavy atom. The maximum absolute atomic E-state index is 13.9. The van der Waals surface area contributed by atoms with E-state index in [1.54, 1.807) is 4.31 Å². The number of piperidine rings is 2. The third-order valence-electron chi connectivity index (χ3n) is 9.99. The van der Waals surface area contributed by atoms with Gasteiger partial charge >= 0.3 is 0 Å². The average Bonchev–Trinajstić information content (AvgIpc) is 2.95. The van der Waals surface area contributed by atoms with Crippen molar-refractivity contribution in [1.82, 2.24) is 29.0 Å². The van der Waals surface area contributed by atoms with Crippen LogP contribution in [0.1, 0.15) is 72.9 Å². The van der Waals surface area contributed by atoms with Crippen molar-refractivity contribution in [2.75, 3.05) is 52.1 Å². The van der Waals surface area contributed by atoms with Crippen molar-refractivity contribution in [3.8, 4) is 0 Å². The van der Waals surface area contributed by atoms with Crippen molar-refractivity contribution in [3.63, 3.8) is 0 Å². The van der Waals surface area contributed by atoms with Gasteiger partial charge in [0.25, 0.3) is 5.91 Å². The molecule has 0 saturated carbocycles. The number of likely N-dealkylation sites (tertiary alicyclic amines) is 1. The van der Waals surface area contributed by atoms with E-state index in [1.165, 1.54) is 24.7 Å². The van der Waals surface area contributed by atoms with E-state index in [-0.39, 0.29) is 29.3 Å². The number of carbonyl (C=O) groups excluding carboxylic acids is 1. The Morgan fingerprint density at radius 3 is 2.12 bits per heavy atom. The molecule has 3 saturated heterocycles. The Bertz CT molecular complexity index is 1350. The van der Waals surface area contributed by atoms with Crippen molar-refractivity contribution in [2.24, 2.45) is 5.92 Å². The van der Waals surface area contributed by atoms with Crippen LogP contribution in [0.4, 0.5) is 4.39 Å². The topological polar surface area (TPSA) is 90.0 Å². The highest BCUT2D eigenvalue weighted by atomic mass is 32.2. The summed E-state index contributed by atoms with van der Waals surface area (Å²) in [6.45, 7) is 13.5. The third-order valence-corrected chi connectivity index (χ3v) is 11.3. The summed E-state index contributed by atoms with van der Waals surface area (Å²) in [6, 6.07) is 7.25. The fourth-order valence-corrected chi connectivity index (χ4v) is 8.24. The smallest absolute Gasteiger partial charge is 0.257 e. The third kappa shape index (κ3) is 6.39. The van der Waals surface area contributed by atoms with Gasteiger partial charge in [-0.25, -0.2) is 27.1 Å². The Kier molecular flexibility index (Phi) is 9.04. The van der Waals surface area contributed by atoms with Crippen molar-refractivity contribution in [2.45, 2.75) is 71.0 Å². The maximum atomic E-state index is 13.9. The standard InChI is InChI=1S/C31H45FN6O3S/c1-22-20-36(31(4)12-16-35(17-13-31)30(39)28-23(2)33-21-34-24(28)3)18-19-38(22)29(25-6-8-27(32)9-7-25)26-10-14-37(15-11-26)42(5,40)41/h6-9,21-22,26,29H,10-20H2,1-5H3/t22-,29+/m0/s1. The molecule has 11 heteroatoms. The number of rotatable bonds is 6. The lowest BCUT2D eigenvalue weighted by Crippen LogP contribution is -2.63. The van der Waals surface area contributed by atoms with E-state index < -0.39 is 10.0 Å². The lowest BCUT2D eigenvalue weighted by atomic mass is 9.82. The second kappa shape index (κ2) is 12.3. The molecule has 230 valence electrons. The predicted molar refractivity (Wildman–Crippen MR) is 161 cm³/mol. The lowest BCUT2D eigenvalue weighted by Gasteiger charge is -2.54. The highest BCUT2D eigenvalue weighted by Gasteiger charge is 2.43. The zero-order chi connectivity index (χ0) is 30.2. The summed E-state index contributed by atoms with van der Waals surface area (Å²) in [7, 11) is -3.20. The largest absolute Gasteiger partial charge is 0.338 e. The summed E-state index contributed by atoms with van der Waals surface area (Å²) >= 11 is 0. The Labute approximate surface area is 250 Å². The van der Waals surface area contributed by atoms with Gasteiger partial charge < -0.3 is 4.90 Å². The molecule has 1 aromatic heterocycles. The minimum absolute atomic E-state index is 0.000600. The first-order chi connectivity index (χ1) is 19.9. The van der Waals surface area contributed by atoms with Crippen LogP contribution < -0.4 is 0 Å². The van der Waals surface area contributed by atoms with Crippen molar-refractivity contribution < 1.29 is 17.6 Å². The normalized spacial score (nSPS) is 24.0. The van der Waals surface area contributed by atoms with Crippen LogP contribution in [-0.4, -0.2) is 107 Å². The highest BCUT2D eigenvalue weighted by Crippen LogP contribution is 2.40. The first-order valence-electron chi connectivity index (χ1n) is 15.2. The number of aryl methyl sites for hydroxylation is 2. The van der Waals surface area contributed by atoms with Crippen LogP contribution in [0.5, 0.6) is 0 Å². The number of aromatic nitrogens is 2. The van der Waals surface area contributed by atoms with Gasteiger partial charge in [-0.15, -0.1) is 0 Å². The van der Waals surface area contributed by atoms with Gasteiger partial charge in [-0.2, -0.15) is 0 Å². The van der Waals surface area contributed by atoms with Crippen LogP contribution in [0.2, 0.25) is 0 Å². The molecule has 3 aliphatic rings. The molecule has 3 fully saturated rings. The number of benzene rings is 1. The first kappa shape index (κ1) is 31.0. The Balaban J connectivity index is 1.26. The van der Waals surface area contributed by atoms with Crippen LogP contribution in [0.3, 0.4) is 0 Å². The number of hydrogen-bond acceptors (Lipinski definition) is 7. The van der Waals surface area contributed by atoms with Gasteiger partial charge in [0.1, 0.15) is 12.1 Å². The number of carbonyl (C=O) groups is 1. The molecule has 9 nitrogen and oxygen atoms in total. The zero-order valence-electron chi connectivity index (χ0n) is 25.6. The minimum atomic E-state index is -3.20. The fourth-order valence-electron chi connectivity index (χ4n) is 7.36. The quantitative estimate of drug-likeness (QED) is 0.500. The molecule has 5 rings (SSSR count). The van der Waals surface area contributed by atoms with Gasteiger partial charge in [0.2, 0.25) is 10.0 Å². The van der Waals surface area contributed by atoms with E-state index in [1.807, 2.05) is 30.9 Å². The summed E-state index contributed by atoms with van der Waals surface area (Å²) < 4.78 is 39.7. The van der Waals surface area contributed by atoms with Gasteiger partial charge in [-0.3, -0.25) is 14.6 Å². The summed E-state index contributed by atoms with van der Waals surface area (Å²) in [6.07, 6.45) is 6.18. The SMILES string of the molecule is Cc1ncnc(C)c1C(=O)N1CCC(C)(N2CCN([C@H](c3ccc(F)cc3)C3CCN(S(C)(=O)=O)CC3)[C@@H](C)C2)CC1. The van der Waals surface area contributed by atoms with E-state index in [0.717, 1.165) is 62.3 Å². The molecule has 2 aromatic rings. The molecule has 0 spiro atoms. The molecule has 0 unspecified atom stereocenters. The first-order valence-corrected chi connectivity index (χ1v) is 17.0. The van der Waals surface area contributed by atoms with E-state index in [4.69, 9.17) is 0 Å². The minimum Gasteiger partial charge on any atom is -0.338 e. The molecule has 2 atom stereocenters. The van der Waals surface area contributed by atoms with Crippen molar-refractivity contribution >= 4 is 15.9 Å². The van der Waals surface area contributed by atoms with E-state index >= 15 is 0 Å². The number of sulfonamides is 1. The van der Waals surface area contributed by atoms with Gasteiger partial charge in [-0.05, 0) is 77.0 Å². The number of amides is 1. The summed E-state index contributed by atoms with van der Waals surface area (Å²) in [5.41, 5.74) is 3.17. The molecule has 1 aromatic carbocycles. The number of piperazine rings is 1. The molecule has 3 aliphatic heterocycles. The van der Waals surface area contributed by atoms with Crippen LogP contribution in [0, 0.1) is 25.6 Å². The maximum Gasteiger partial charge on any atom is 0.257 e. The average molecular weight is 601 g/mol. The second-order valence-corrected chi connectivity index (χ2v) is 14.7. The van der Waals surface area contributed by atoms with Crippen LogP contribution >= 0.6 is 0 Å². The van der Waals surface area contributed by atoms with Crippen LogP contribution in [0.15, 0.2) is 30.6 Å². The summed E-state index contributed by atoms with van der Waals surface area (Å²) in [4.78, 5) is 28.9. The molecule has 0 N–H and O–H groups in total. The van der Waals surface area contributed by atoms with Crippen LogP contribution in [0.25, 0.3) is 0 Å². The molecular formula is C31H45FN6O3S. The highest BCUT2D eigenvalue weighted by molar-refractivity contribution is 7.88. The summed E-state index contributed by atoms with van der Waals surface area (Å²) in [5, 5.41) is 0. The number of hydrogen-bond donors (Lipinski definition) is 0. The second-order valence-electron chi connectivity index (χ2n) is 12.7. The van der Waals surface area contributed by atoms with E-state index in [2.05, 4.69) is 33.6 Å². The Hall–Kier alpha value is -2.47. The number of nitrogens with zero attached hydrogens (tertiary/aromatic N) is 6. The van der Waals surface area contributed by atoms with Crippen molar-refractivity contribution in [3.05, 3.63) is 58.9 Å². The molecule has 1 amide bonds. The van der Waals surface area contributed by atoms with Gasteiger partial charge in [-0.1, -0.05) is 12.1 Å². The van der Waals surface area contributed by atoms with Gasteiger partial charge in [0.05, 0.1) is 23.2 Å². The molecule has 0 aliphatic carbocycles. The van der Waals surface area contributed by atoms with Gasteiger partial charge in [0, 0.05) is 63.4 Å². The monoisotopic (exact) mass is 600 g/mol. The number of halogens is 1. The molecule has 4 heterocycles. The van der Waals surface area contributed by atoms with E-state index in [9.17, 15) is 17.6 Å². The van der Waals surface area contributed by atoms with E-state index in [0.29, 0.717) is 37.7 Å². The lowest BCUT2D eigenvalue weighted by molar-refractivity contribution is -0.0421. The predicted octanol–water partition coefficient (Wildman–Crippen LogP) is 3.65. The summed E-state index contributed by atoms with van der Waals surface area (Å²) in [5.74, 6) is 0.0706.